The molecule has 0 unspecified atom stereocenters. The number of aliphatic hydroxyl groups excluding tert-OH is 1. The van der Waals surface area contributed by atoms with E-state index in [2.05, 4.69) is 9.73 Å². The van der Waals surface area contributed by atoms with Gasteiger partial charge in [0.1, 0.15) is 22.9 Å². The van der Waals surface area contributed by atoms with Crippen LogP contribution in [-0.4, -0.2) is 39.5 Å². The molecule has 2 N–H and O–H groups in total. The molecule has 3 heterocycles. The number of carbonyl (C=O) groups excluding carboxylic acids is 2. The maximum Gasteiger partial charge on any atom is 0.451 e. The first-order valence-corrected chi connectivity index (χ1v) is 10.5. The van der Waals surface area contributed by atoms with Gasteiger partial charge in [0.05, 0.1) is 18.3 Å². The number of hydrogen-bond acceptors (Lipinski definition) is 5. The summed E-state index contributed by atoms with van der Waals surface area (Å²) in [5.41, 5.74) is -1.21. The predicted molar refractivity (Wildman–Crippen MR) is 113 cm³/mol. The Morgan fingerprint density at radius 1 is 1.29 bits per heavy atom. The number of nitrogens with one attached hydrogen (secondary N) is 1. The molecule has 182 valence electrons. The Bertz CT molecular complexity index is 1190. The first-order chi connectivity index (χ1) is 15.8. The van der Waals surface area contributed by atoms with Crippen LogP contribution in [0.3, 0.4) is 0 Å². The molecule has 1 atom stereocenters. The number of halogens is 4. The van der Waals surface area contributed by atoms with Crippen molar-refractivity contribution in [2.45, 2.75) is 46.0 Å². The molecule has 34 heavy (non-hydrogen) atoms. The molecule has 7 nitrogen and oxygen atoms in total. The number of rotatable bonds is 4. The fraction of sp³-hybridized carbons (Fsp3) is 0.391. The molecule has 1 aromatic heterocycles. The van der Waals surface area contributed by atoms with Crippen LogP contribution in [0, 0.1) is 18.2 Å². The number of anilines is 1. The van der Waals surface area contributed by atoms with Crippen molar-refractivity contribution < 1.29 is 36.7 Å². The lowest BCUT2D eigenvalue weighted by molar-refractivity contribution is -0.153. The number of aliphatic hydroxyl groups is 1. The lowest BCUT2D eigenvalue weighted by Gasteiger charge is -2.40. The van der Waals surface area contributed by atoms with Gasteiger partial charge in [-0.1, -0.05) is 26.0 Å². The van der Waals surface area contributed by atoms with Gasteiger partial charge in [-0.3, -0.25) is 14.6 Å². The Kier molecular flexibility index (Phi) is 5.71. The number of hydrazine groups is 1. The van der Waals surface area contributed by atoms with Gasteiger partial charge in [-0.2, -0.15) is 13.2 Å². The summed E-state index contributed by atoms with van der Waals surface area (Å²) in [6.45, 7) is 5.41. The molecular weight excluding hydrogens is 458 g/mol. The van der Waals surface area contributed by atoms with Gasteiger partial charge in [-0.25, -0.2) is 9.40 Å². The summed E-state index contributed by atoms with van der Waals surface area (Å²) in [5.74, 6) is -4.62. The summed E-state index contributed by atoms with van der Waals surface area (Å²) >= 11 is 0. The Hall–Kier alpha value is -3.34. The van der Waals surface area contributed by atoms with E-state index in [1.54, 1.807) is 11.1 Å². The van der Waals surface area contributed by atoms with E-state index >= 15 is 0 Å². The second kappa shape index (κ2) is 8.15. The zero-order valence-electron chi connectivity index (χ0n) is 18.7. The van der Waals surface area contributed by atoms with E-state index in [1.165, 1.54) is 30.1 Å². The third-order valence-electron chi connectivity index (χ3n) is 5.84. The van der Waals surface area contributed by atoms with E-state index in [-0.39, 0.29) is 17.7 Å². The quantitative estimate of drug-likeness (QED) is 0.494. The van der Waals surface area contributed by atoms with Gasteiger partial charge < -0.3 is 14.8 Å². The number of benzene rings is 1. The van der Waals surface area contributed by atoms with Crippen LogP contribution in [0.15, 0.2) is 46.1 Å². The minimum atomic E-state index is -4.88. The maximum absolute atomic E-state index is 13.7. The topological polar surface area (TPSA) is 86.0 Å². The molecule has 0 radical (unpaired) electrons. The number of furan rings is 1. The molecule has 4 rings (SSSR count). The molecule has 0 aliphatic carbocycles. The largest absolute Gasteiger partial charge is 0.510 e. The summed E-state index contributed by atoms with van der Waals surface area (Å²) < 4.78 is 58.3. The van der Waals surface area contributed by atoms with Crippen molar-refractivity contribution in [2.75, 3.05) is 11.9 Å². The van der Waals surface area contributed by atoms with E-state index in [0.29, 0.717) is 18.5 Å². The minimum Gasteiger partial charge on any atom is -0.510 e. The van der Waals surface area contributed by atoms with Crippen molar-refractivity contribution in [1.29, 1.82) is 0 Å². The standard InChI is InChI=1S/C23H23F4N3O4/c1-12-7-15(19(34-12)23(25,26)27)28-20(32)17-18(31)16-9-22(2,3)11-30(16)29(21(17)33)10-13-5-4-6-14(24)8-13/h4-8,16,31H,9-11H2,1-3H3,(H,28,32)/t16-/m0/s1. The molecule has 0 spiro atoms. The van der Waals surface area contributed by atoms with E-state index in [0.717, 1.165) is 6.07 Å². The number of aryl methyl sites for hydroxylation is 1. The van der Waals surface area contributed by atoms with Gasteiger partial charge >= 0.3 is 6.18 Å². The fourth-order valence-electron chi connectivity index (χ4n) is 4.44. The average molecular weight is 481 g/mol. The molecule has 2 aliphatic heterocycles. The lowest BCUT2D eigenvalue weighted by Crippen LogP contribution is -2.55. The van der Waals surface area contributed by atoms with Crippen LogP contribution in [0.4, 0.5) is 23.2 Å². The average Bonchev–Trinajstić information content (AvgIpc) is 3.24. The van der Waals surface area contributed by atoms with Crippen LogP contribution >= 0.6 is 0 Å². The highest BCUT2D eigenvalue weighted by Gasteiger charge is 2.50. The Morgan fingerprint density at radius 3 is 2.65 bits per heavy atom. The predicted octanol–water partition coefficient (Wildman–Crippen LogP) is 4.55. The smallest absolute Gasteiger partial charge is 0.451 e. The van der Waals surface area contributed by atoms with E-state index in [4.69, 9.17) is 0 Å². The minimum absolute atomic E-state index is 0.0905. The summed E-state index contributed by atoms with van der Waals surface area (Å²) in [6.07, 6.45) is -4.49. The van der Waals surface area contributed by atoms with Crippen LogP contribution in [0.2, 0.25) is 0 Å². The van der Waals surface area contributed by atoms with Crippen molar-refractivity contribution in [1.82, 2.24) is 10.0 Å². The zero-order chi connectivity index (χ0) is 25.0. The van der Waals surface area contributed by atoms with Crippen molar-refractivity contribution >= 4 is 17.5 Å². The molecule has 1 saturated heterocycles. The van der Waals surface area contributed by atoms with E-state index in [9.17, 15) is 32.3 Å². The van der Waals surface area contributed by atoms with Gasteiger partial charge in [0.2, 0.25) is 5.76 Å². The first kappa shape index (κ1) is 23.8. The summed E-state index contributed by atoms with van der Waals surface area (Å²) in [7, 11) is 0. The second-order valence-electron chi connectivity index (χ2n) is 9.29. The van der Waals surface area contributed by atoms with Crippen LogP contribution in [0.1, 0.15) is 37.4 Å². The monoisotopic (exact) mass is 481 g/mol. The van der Waals surface area contributed by atoms with Crippen LogP contribution in [-0.2, 0) is 22.3 Å². The number of fused-ring (bicyclic) bond motifs is 1. The Balaban J connectivity index is 1.71. The lowest BCUT2D eigenvalue weighted by atomic mass is 9.89. The highest BCUT2D eigenvalue weighted by atomic mass is 19.4. The normalized spacial score (nSPS) is 20.6. The third kappa shape index (κ3) is 4.39. The van der Waals surface area contributed by atoms with Crippen molar-refractivity contribution in [3.8, 4) is 0 Å². The second-order valence-corrected chi connectivity index (χ2v) is 9.29. The summed E-state index contributed by atoms with van der Waals surface area (Å²) in [4.78, 5) is 26.4. The number of carbonyl (C=O) groups is 2. The van der Waals surface area contributed by atoms with Crippen molar-refractivity contribution in [3.05, 3.63) is 64.6 Å². The van der Waals surface area contributed by atoms with Gasteiger partial charge in [0.15, 0.2) is 0 Å². The molecule has 2 aliphatic rings. The van der Waals surface area contributed by atoms with Crippen molar-refractivity contribution in [3.63, 3.8) is 0 Å². The van der Waals surface area contributed by atoms with Gasteiger partial charge in [-0.05, 0) is 36.5 Å². The highest BCUT2D eigenvalue weighted by Crippen LogP contribution is 2.42. The molecule has 11 heteroatoms. The number of alkyl halides is 3. The molecule has 0 saturated carbocycles. The third-order valence-corrected chi connectivity index (χ3v) is 5.84. The molecule has 2 aromatic rings. The molecule has 0 bridgehead atoms. The Morgan fingerprint density at radius 2 is 2.00 bits per heavy atom. The fourth-order valence-corrected chi connectivity index (χ4v) is 4.44. The Labute approximate surface area is 192 Å². The summed E-state index contributed by atoms with van der Waals surface area (Å²) in [6, 6.07) is 5.82. The maximum atomic E-state index is 13.7. The molecular formula is C23H23F4N3O4. The van der Waals surface area contributed by atoms with Crippen LogP contribution in [0.5, 0.6) is 0 Å². The first-order valence-electron chi connectivity index (χ1n) is 10.5. The SMILES string of the molecule is Cc1cc(NC(=O)C2=C(O)[C@@H]3CC(C)(C)CN3N(Cc3cccc(F)c3)C2=O)c(C(F)(F)F)o1. The number of hydrogen-bond donors (Lipinski definition) is 2. The molecule has 1 fully saturated rings. The highest BCUT2D eigenvalue weighted by molar-refractivity contribution is 6.23. The van der Waals surface area contributed by atoms with Gasteiger partial charge in [-0.15, -0.1) is 0 Å². The number of nitrogens with zero attached hydrogens (tertiary/aromatic N) is 2. The van der Waals surface area contributed by atoms with E-state index < -0.39 is 52.6 Å². The number of amides is 2. The van der Waals surface area contributed by atoms with Crippen LogP contribution in [0.25, 0.3) is 0 Å². The van der Waals surface area contributed by atoms with Crippen molar-refractivity contribution in [2.24, 2.45) is 5.41 Å². The zero-order valence-corrected chi connectivity index (χ0v) is 18.7. The van der Waals surface area contributed by atoms with Gasteiger partial charge in [0, 0.05) is 12.6 Å². The molecule has 1 aromatic carbocycles. The van der Waals surface area contributed by atoms with Crippen LogP contribution < -0.4 is 5.32 Å². The van der Waals surface area contributed by atoms with E-state index in [1.807, 2.05) is 13.8 Å². The summed E-state index contributed by atoms with van der Waals surface area (Å²) in [5, 5.41) is 15.8. The molecule has 2 amide bonds. The van der Waals surface area contributed by atoms with Gasteiger partial charge in [0.25, 0.3) is 11.8 Å².